The van der Waals surface area contributed by atoms with Gasteiger partial charge in [-0.05, 0) is 0 Å². The Hall–Kier alpha value is -1.21. The average molecular weight is 590 g/mol. The molecule has 0 aromatic rings. The van der Waals surface area contributed by atoms with Crippen molar-refractivity contribution in [2.75, 3.05) is 19.8 Å². The van der Waals surface area contributed by atoms with E-state index in [0.717, 1.165) is 0 Å². The summed E-state index contributed by atoms with van der Waals surface area (Å²) in [6.45, 7) is -1.39. The van der Waals surface area contributed by atoms with Gasteiger partial charge in [0.05, 0.1) is 19.8 Å². The first-order chi connectivity index (χ1) is 18.8. The van der Waals surface area contributed by atoms with Crippen LogP contribution in [0, 0.1) is 0 Å². The summed E-state index contributed by atoms with van der Waals surface area (Å²) in [5.41, 5.74) is 0. The molecule has 0 aromatic carbocycles. The highest BCUT2D eigenvalue weighted by Crippen LogP contribution is 2.31. The van der Waals surface area contributed by atoms with Crippen LogP contribution < -0.4 is 0 Å². The fourth-order valence-corrected chi connectivity index (χ4v) is 4.60. The van der Waals surface area contributed by atoms with Crippen LogP contribution in [0.2, 0.25) is 0 Å². The minimum Gasteiger partial charge on any atom is -0.479 e. The molecule has 4 rings (SSSR count). The lowest BCUT2D eigenvalue weighted by Crippen LogP contribution is -2.65. The van der Waals surface area contributed by atoms with E-state index < -0.39 is 130 Å². The van der Waals surface area contributed by atoms with Crippen LogP contribution >= 0.6 is 0 Å². The number of aliphatic hydroxyl groups is 10. The monoisotopic (exact) mass is 590 g/mol. The lowest BCUT2D eigenvalue weighted by molar-refractivity contribution is -0.379. The van der Waals surface area contributed by atoms with Crippen molar-refractivity contribution in [3.05, 3.63) is 0 Å². The van der Waals surface area contributed by atoms with Crippen LogP contribution in [-0.4, -0.2) is 186 Å². The molecule has 19 heteroatoms. The van der Waals surface area contributed by atoms with Crippen LogP contribution in [0.15, 0.2) is 0 Å². The van der Waals surface area contributed by atoms with E-state index in [9.17, 15) is 61.0 Å². The van der Waals surface area contributed by atoms with Gasteiger partial charge in [-0.2, -0.15) is 0 Å². The Morgan fingerprint density at radius 1 is 0.550 bits per heavy atom. The fraction of sp³-hybridized carbons (Fsp3) is 0.952. The van der Waals surface area contributed by atoms with Crippen molar-refractivity contribution in [2.45, 2.75) is 105 Å². The van der Waals surface area contributed by atoms with E-state index in [1.54, 1.807) is 0 Å². The molecule has 19 nitrogen and oxygen atoms in total. The smallest absolute Gasteiger partial charge is 0.335 e. The molecule has 17 atom stereocenters. The Bertz CT molecular complexity index is 849. The van der Waals surface area contributed by atoms with Crippen LogP contribution in [0.4, 0.5) is 0 Å². The predicted octanol–water partition coefficient (Wildman–Crippen LogP) is -7.74. The standard InChI is InChI=1S/C21H34O19/c22-4-1-35-19(13(29)7(4)23)37-6-3-36-21(38-5-2-34-18(33)12(28)8(5)24)16(9(6)25)40-20-14(30)10(26)11(27)15(39-20)17(31)32/h4-16,18-30,33H,1-3H2,(H,31,32)/t4-,5-,6-,7+,8+,9+,10+,11+,12-,13-,14-,15+,16-,18-,19+,20-,21+/m1/s1. The fourth-order valence-electron chi connectivity index (χ4n) is 4.60. The summed E-state index contributed by atoms with van der Waals surface area (Å²) >= 11 is 0. The van der Waals surface area contributed by atoms with E-state index in [-0.39, 0.29) is 0 Å². The van der Waals surface area contributed by atoms with E-state index in [2.05, 4.69) is 0 Å². The van der Waals surface area contributed by atoms with Gasteiger partial charge in [-0.1, -0.05) is 0 Å². The second kappa shape index (κ2) is 13.0. The van der Waals surface area contributed by atoms with Gasteiger partial charge in [0.2, 0.25) is 0 Å². The maximum atomic E-state index is 11.5. The molecule has 4 heterocycles. The largest absolute Gasteiger partial charge is 0.479 e. The zero-order chi connectivity index (χ0) is 29.5. The van der Waals surface area contributed by atoms with Gasteiger partial charge < -0.3 is 89.3 Å². The third-order valence-electron chi connectivity index (χ3n) is 7.04. The summed E-state index contributed by atoms with van der Waals surface area (Å²) in [5, 5.41) is 110. The number of aliphatic carboxylic acids is 1. The van der Waals surface area contributed by atoms with E-state index in [0.29, 0.717) is 0 Å². The number of carboxylic acid groups (broad SMARTS) is 1. The number of hydrogen-bond acceptors (Lipinski definition) is 18. The van der Waals surface area contributed by atoms with Crippen molar-refractivity contribution in [2.24, 2.45) is 0 Å². The van der Waals surface area contributed by atoms with Crippen LogP contribution in [-0.2, 0) is 38.0 Å². The summed E-state index contributed by atoms with van der Waals surface area (Å²) < 4.78 is 37.4. The first-order valence-electron chi connectivity index (χ1n) is 12.3. The third-order valence-corrected chi connectivity index (χ3v) is 7.04. The minimum absolute atomic E-state index is 0.426. The molecule has 0 saturated carbocycles. The third kappa shape index (κ3) is 6.40. The molecule has 4 aliphatic heterocycles. The highest BCUT2D eigenvalue weighted by atomic mass is 16.8. The molecule has 0 spiro atoms. The van der Waals surface area contributed by atoms with Crippen molar-refractivity contribution in [3.63, 3.8) is 0 Å². The molecule has 40 heavy (non-hydrogen) atoms. The van der Waals surface area contributed by atoms with Gasteiger partial charge in [-0.15, -0.1) is 0 Å². The number of hydrogen-bond donors (Lipinski definition) is 11. The van der Waals surface area contributed by atoms with E-state index in [4.69, 9.17) is 33.2 Å². The number of carboxylic acids is 1. The van der Waals surface area contributed by atoms with Gasteiger partial charge >= 0.3 is 5.97 Å². The second-order valence-electron chi connectivity index (χ2n) is 9.83. The summed E-state index contributed by atoms with van der Waals surface area (Å²) in [5.74, 6) is -1.71. The molecule has 4 aliphatic rings. The predicted molar refractivity (Wildman–Crippen MR) is 116 cm³/mol. The molecule has 0 unspecified atom stereocenters. The molecule has 0 bridgehead atoms. The molecule has 4 fully saturated rings. The van der Waals surface area contributed by atoms with Gasteiger partial charge in [-0.3, -0.25) is 0 Å². The molecule has 0 radical (unpaired) electrons. The van der Waals surface area contributed by atoms with Crippen LogP contribution in [0.1, 0.15) is 0 Å². The molecule has 0 aromatic heterocycles. The summed E-state index contributed by atoms with van der Waals surface area (Å²) in [6.07, 6.45) is -29.8. The van der Waals surface area contributed by atoms with Crippen molar-refractivity contribution in [1.82, 2.24) is 0 Å². The van der Waals surface area contributed by atoms with Crippen molar-refractivity contribution in [3.8, 4) is 0 Å². The highest BCUT2D eigenvalue weighted by Gasteiger charge is 2.53. The zero-order valence-electron chi connectivity index (χ0n) is 20.6. The molecular weight excluding hydrogens is 556 g/mol. The van der Waals surface area contributed by atoms with Gasteiger partial charge in [0.1, 0.15) is 73.2 Å². The Labute approximate surface area is 225 Å². The Kier molecular flexibility index (Phi) is 10.3. The first kappa shape index (κ1) is 31.7. The summed E-state index contributed by atoms with van der Waals surface area (Å²) in [7, 11) is 0. The quantitative estimate of drug-likeness (QED) is 0.131. The van der Waals surface area contributed by atoms with Crippen LogP contribution in [0.3, 0.4) is 0 Å². The lowest BCUT2D eigenvalue weighted by atomic mass is 9.98. The van der Waals surface area contributed by atoms with Crippen molar-refractivity contribution >= 4 is 5.97 Å². The Morgan fingerprint density at radius 3 is 1.80 bits per heavy atom. The van der Waals surface area contributed by atoms with Gasteiger partial charge in [-0.25, -0.2) is 4.79 Å². The topological polar surface area (TPSA) is 304 Å². The van der Waals surface area contributed by atoms with E-state index in [1.165, 1.54) is 0 Å². The van der Waals surface area contributed by atoms with Gasteiger partial charge in [0.25, 0.3) is 0 Å². The molecule has 4 saturated heterocycles. The molecule has 0 aliphatic carbocycles. The average Bonchev–Trinajstić information content (AvgIpc) is 2.92. The zero-order valence-corrected chi connectivity index (χ0v) is 20.6. The molecule has 11 N–H and O–H groups in total. The van der Waals surface area contributed by atoms with E-state index in [1.807, 2.05) is 0 Å². The summed E-state index contributed by atoms with van der Waals surface area (Å²) in [4.78, 5) is 11.5. The summed E-state index contributed by atoms with van der Waals surface area (Å²) in [6, 6.07) is 0. The second-order valence-corrected chi connectivity index (χ2v) is 9.83. The molecular formula is C21H34O19. The lowest BCUT2D eigenvalue weighted by Gasteiger charge is -2.46. The van der Waals surface area contributed by atoms with Gasteiger partial charge in [0.15, 0.2) is 31.3 Å². The van der Waals surface area contributed by atoms with Crippen LogP contribution in [0.25, 0.3) is 0 Å². The normalized spacial score (nSPS) is 52.3. The minimum atomic E-state index is -2.06. The maximum absolute atomic E-state index is 11.5. The molecule has 232 valence electrons. The van der Waals surface area contributed by atoms with Gasteiger partial charge in [0, 0.05) is 0 Å². The molecule has 0 amide bonds. The van der Waals surface area contributed by atoms with E-state index >= 15 is 0 Å². The Balaban J connectivity index is 1.53. The Morgan fingerprint density at radius 2 is 1.12 bits per heavy atom. The van der Waals surface area contributed by atoms with Crippen molar-refractivity contribution in [1.29, 1.82) is 0 Å². The maximum Gasteiger partial charge on any atom is 0.335 e. The SMILES string of the molecule is O=C(O)[C@H]1O[C@H](O[C@H]2[C@H](O[C@@H]3CO[C@@H](O)[C@H](O)[C@H]3O)OC[C@@H](O[C@@H]3OC[C@@H](O)[C@H](O)[C@H]3O)[C@@H]2O)[C@H](O)[C@@H](O)[C@@H]1O. The first-order valence-corrected chi connectivity index (χ1v) is 12.3. The number of rotatable bonds is 7. The number of ether oxygens (including phenoxy) is 7. The van der Waals surface area contributed by atoms with Crippen molar-refractivity contribution < 1.29 is 94.1 Å². The highest BCUT2D eigenvalue weighted by molar-refractivity contribution is 5.73. The van der Waals surface area contributed by atoms with Crippen LogP contribution in [0.5, 0.6) is 0 Å². The number of carbonyl (C=O) groups is 1. The number of aliphatic hydroxyl groups excluding tert-OH is 10.